The SMILES string of the molecule is COCc1cccc(Oc2nc(N)nc(C)c2[N+](=O)[O-])c1. The molecule has 1 heterocycles. The topological polar surface area (TPSA) is 113 Å². The molecule has 2 N–H and O–H groups in total. The Morgan fingerprint density at radius 2 is 2.14 bits per heavy atom. The highest BCUT2D eigenvalue weighted by Gasteiger charge is 2.23. The van der Waals surface area contributed by atoms with Gasteiger partial charge in [0.15, 0.2) is 0 Å². The summed E-state index contributed by atoms with van der Waals surface area (Å²) >= 11 is 0. The van der Waals surface area contributed by atoms with Crippen LogP contribution in [0.1, 0.15) is 11.3 Å². The van der Waals surface area contributed by atoms with Gasteiger partial charge in [-0.1, -0.05) is 12.1 Å². The van der Waals surface area contributed by atoms with Gasteiger partial charge in [-0.2, -0.15) is 4.98 Å². The Morgan fingerprint density at radius 1 is 1.38 bits per heavy atom. The number of ether oxygens (including phenoxy) is 2. The average molecular weight is 290 g/mol. The average Bonchev–Trinajstić information content (AvgIpc) is 2.38. The van der Waals surface area contributed by atoms with Crippen molar-refractivity contribution in [3.8, 4) is 11.6 Å². The van der Waals surface area contributed by atoms with Crippen LogP contribution in [0.2, 0.25) is 0 Å². The highest BCUT2D eigenvalue weighted by atomic mass is 16.6. The molecule has 0 aliphatic rings. The summed E-state index contributed by atoms with van der Waals surface area (Å²) in [5.41, 5.74) is 6.23. The molecule has 0 saturated carbocycles. The van der Waals surface area contributed by atoms with Crippen LogP contribution >= 0.6 is 0 Å². The zero-order valence-electron chi connectivity index (χ0n) is 11.6. The predicted octanol–water partition coefficient (Wildman–Crippen LogP) is 2.21. The summed E-state index contributed by atoms with van der Waals surface area (Å²) in [6, 6.07) is 6.98. The van der Waals surface area contributed by atoms with Crippen LogP contribution < -0.4 is 10.5 Å². The first-order chi connectivity index (χ1) is 10.0. The van der Waals surface area contributed by atoms with Crippen LogP contribution in [0.3, 0.4) is 0 Å². The molecule has 8 heteroatoms. The standard InChI is InChI=1S/C13H14N4O4/c1-8-11(17(18)19)12(16-13(14)15-8)21-10-5-3-4-9(6-10)7-20-2/h3-6H,7H2,1-2H3,(H2,14,15,16). The summed E-state index contributed by atoms with van der Waals surface area (Å²) in [4.78, 5) is 18.1. The highest BCUT2D eigenvalue weighted by molar-refractivity contribution is 5.49. The smallest absolute Gasteiger partial charge is 0.352 e. The number of hydrogen-bond acceptors (Lipinski definition) is 7. The van der Waals surface area contributed by atoms with Gasteiger partial charge < -0.3 is 15.2 Å². The van der Waals surface area contributed by atoms with Gasteiger partial charge in [-0.05, 0) is 24.6 Å². The van der Waals surface area contributed by atoms with E-state index in [-0.39, 0.29) is 23.2 Å². The molecule has 0 atom stereocenters. The summed E-state index contributed by atoms with van der Waals surface area (Å²) in [5.74, 6) is 0.144. The van der Waals surface area contributed by atoms with Gasteiger partial charge in [-0.15, -0.1) is 0 Å². The minimum Gasteiger partial charge on any atom is -0.434 e. The van der Waals surface area contributed by atoms with E-state index in [1.807, 2.05) is 6.07 Å². The number of nitrogens with zero attached hydrogens (tertiary/aromatic N) is 3. The van der Waals surface area contributed by atoms with Crippen LogP contribution in [0.4, 0.5) is 11.6 Å². The quantitative estimate of drug-likeness (QED) is 0.663. The first kappa shape index (κ1) is 14.7. The summed E-state index contributed by atoms with van der Waals surface area (Å²) in [6.45, 7) is 1.88. The van der Waals surface area contributed by atoms with E-state index in [9.17, 15) is 10.1 Å². The molecule has 1 aromatic heterocycles. The van der Waals surface area contributed by atoms with Crippen molar-refractivity contribution < 1.29 is 14.4 Å². The number of aryl methyl sites for hydroxylation is 1. The molecule has 0 spiro atoms. The van der Waals surface area contributed by atoms with Crippen molar-refractivity contribution in [1.29, 1.82) is 0 Å². The maximum Gasteiger partial charge on any atom is 0.352 e. The molecule has 21 heavy (non-hydrogen) atoms. The van der Waals surface area contributed by atoms with Gasteiger partial charge in [0.2, 0.25) is 5.95 Å². The number of anilines is 1. The minimum atomic E-state index is -0.594. The largest absolute Gasteiger partial charge is 0.434 e. The molecular formula is C13H14N4O4. The highest BCUT2D eigenvalue weighted by Crippen LogP contribution is 2.32. The number of nitrogens with two attached hydrogens (primary N) is 1. The fourth-order valence-electron chi connectivity index (χ4n) is 1.82. The monoisotopic (exact) mass is 290 g/mol. The second kappa shape index (κ2) is 6.14. The van der Waals surface area contributed by atoms with Crippen LogP contribution in [0.5, 0.6) is 11.6 Å². The third kappa shape index (κ3) is 3.42. The van der Waals surface area contributed by atoms with Crippen LogP contribution in [-0.4, -0.2) is 22.0 Å². The Kier molecular flexibility index (Phi) is 4.29. The molecule has 0 bridgehead atoms. The number of methoxy groups -OCH3 is 1. The third-order valence-electron chi connectivity index (χ3n) is 2.65. The molecule has 0 amide bonds. The lowest BCUT2D eigenvalue weighted by Crippen LogP contribution is -2.04. The van der Waals surface area contributed by atoms with Crippen molar-refractivity contribution >= 4 is 11.6 Å². The molecule has 8 nitrogen and oxygen atoms in total. The van der Waals surface area contributed by atoms with Gasteiger partial charge in [0.05, 0.1) is 11.5 Å². The number of nitro groups is 1. The van der Waals surface area contributed by atoms with Gasteiger partial charge in [-0.25, -0.2) is 4.98 Å². The normalized spacial score (nSPS) is 10.4. The Morgan fingerprint density at radius 3 is 2.81 bits per heavy atom. The number of hydrogen-bond donors (Lipinski definition) is 1. The van der Waals surface area contributed by atoms with E-state index in [0.717, 1.165) is 5.56 Å². The molecule has 2 rings (SSSR count). The van der Waals surface area contributed by atoms with E-state index in [0.29, 0.717) is 12.4 Å². The van der Waals surface area contributed by atoms with Crippen molar-refractivity contribution in [2.45, 2.75) is 13.5 Å². The van der Waals surface area contributed by atoms with E-state index >= 15 is 0 Å². The molecule has 0 fully saturated rings. The van der Waals surface area contributed by atoms with Gasteiger partial charge >= 0.3 is 11.6 Å². The zero-order chi connectivity index (χ0) is 15.4. The molecule has 0 aliphatic carbocycles. The lowest BCUT2D eigenvalue weighted by Gasteiger charge is -2.08. The fraction of sp³-hybridized carbons (Fsp3) is 0.231. The Labute approximate surface area is 120 Å². The van der Waals surface area contributed by atoms with E-state index in [1.165, 1.54) is 6.92 Å². The number of aromatic nitrogens is 2. The van der Waals surface area contributed by atoms with E-state index in [4.69, 9.17) is 15.2 Å². The van der Waals surface area contributed by atoms with Gasteiger partial charge in [0.25, 0.3) is 0 Å². The lowest BCUT2D eigenvalue weighted by atomic mass is 10.2. The summed E-state index contributed by atoms with van der Waals surface area (Å²) in [6.07, 6.45) is 0. The maximum atomic E-state index is 11.1. The number of benzene rings is 1. The summed E-state index contributed by atoms with van der Waals surface area (Å²) < 4.78 is 10.5. The van der Waals surface area contributed by atoms with E-state index < -0.39 is 4.92 Å². The predicted molar refractivity (Wildman–Crippen MR) is 75.1 cm³/mol. The molecule has 0 aliphatic heterocycles. The van der Waals surface area contributed by atoms with Crippen molar-refractivity contribution in [1.82, 2.24) is 9.97 Å². The Hall–Kier alpha value is -2.74. The van der Waals surface area contributed by atoms with Crippen molar-refractivity contribution in [3.05, 3.63) is 45.6 Å². The Bertz CT molecular complexity index is 675. The van der Waals surface area contributed by atoms with Crippen LogP contribution in [0.15, 0.2) is 24.3 Å². The lowest BCUT2D eigenvalue weighted by molar-refractivity contribution is -0.386. The van der Waals surface area contributed by atoms with Crippen LogP contribution in [-0.2, 0) is 11.3 Å². The second-order valence-corrected chi connectivity index (χ2v) is 4.26. The summed E-state index contributed by atoms with van der Waals surface area (Å²) in [7, 11) is 1.58. The molecule has 0 saturated heterocycles. The molecule has 1 aromatic carbocycles. The van der Waals surface area contributed by atoms with Crippen molar-refractivity contribution in [3.63, 3.8) is 0 Å². The van der Waals surface area contributed by atoms with Crippen molar-refractivity contribution in [2.24, 2.45) is 0 Å². The fourth-order valence-corrected chi connectivity index (χ4v) is 1.82. The number of nitrogen functional groups attached to an aromatic ring is 1. The molecule has 110 valence electrons. The zero-order valence-corrected chi connectivity index (χ0v) is 11.6. The molecule has 2 aromatic rings. The van der Waals surface area contributed by atoms with Crippen LogP contribution in [0.25, 0.3) is 0 Å². The third-order valence-corrected chi connectivity index (χ3v) is 2.65. The van der Waals surface area contributed by atoms with E-state index in [1.54, 1.807) is 25.3 Å². The number of rotatable bonds is 5. The van der Waals surface area contributed by atoms with Gasteiger partial charge in [-0.3, -0.25) is 10.1 Å². The van der Waals surface area contributed by atoms with Crippen molar-refractivity contribution in [2.75, 3.05) is 12.8 Å². The van der Waals surface area contributed by atoms with Crippen LogP contribution in [0, 0.1) is 17.0 Å². The second-order valence-electron chi connectivity index (χ2n) is 4.26. The molecule has 0 radical (unpaired) electrons. The summed E-state index contributed by atoms with van der Waals surface area (Å²) in [5, 5.41) is 11.1. The maximum absolute atomic E-state index is 11.1. The minimum absolute atomic E-state index is 0.0823. The Balaban J connectivity index is 2.39. The van der Waals surface area contributed by atoms with Gasteiger partial charge in [0.1, 0.15) is 11.4 Å². The molecule has 0 unspecified atom stereocenters. The van der Waals surface area contributed by atoms with Gasteiger partial charge in [0, 0.05) is 7.11 Å². The first-order valence-corrected chi connectivity index (χ1v) is 6.05. The molecular weight excluding hydrogens is 276 g/mol. The first-order valence-electron chi connectivity index (χ1n) is 6.05. The van der Waals surface area contributed by atoms with E-state index in [2.05, 4.69) is 9.97 Å².